The summed E-state index contributed by atoms with van der Waals surface area (Å²) in [7, 11) is 0. The molecule has 0 aromatic heterocycles. The molecule has 0 spiro atoms. The van der Waals surface area contributed by atoms with Gasteiger partial charge in [-0.2, -0.15) is 0 Å². The van der Waals surface area contributed by atoms with E-state index in [1.165, 1.54) is 0 Å². The molecule has 1 saturated heterocycles. The first kappa shape index (κ1) is 15.4. The van der Waals surface area contributed by atoms with Gasteiger partial charge in [0.1, 0.15) is 17.7 Å². The first-order valence-corrected chi connectivity index (χ1v) is 7.04. The van der Waals surface area contributed by atoms with Gasteiger partial charge in [0.15, 0.2) is 0 Å². The van der Waals surface area contributed by atoms with Gasteiger partial charge in [0, 0.05) is 19.2 Å². The first-order valence-electron chi connectivity index (χ1n) is 7.04. The van der Waals surface area contributed by atoms with E-state index in [9.17, 15) is 18.4 Å². The quantitative estimate of drug-likeness (QED) is 0.928. The van der Waals surface area contributed by atoms with E-state index in [2.05, 4.69) is 5.32 Å². The van der Waals surface area contributed by atoms with Crippen LogP contribution in [0, 0.1) is 11.6 Å². The molecule has 1 fully saturated rings. The van der Waals surface area contributed by atoms with Crippen molar-refractivity contribution in [2.75, 3.05) is 13.1 Å². The van der Waals surface area contributed by atoms with Crippen LogP contribution < -0.4 is 5.32 Å². The van der Waals surface area contributed by atoms with Crippen LogP contribution in [-0.2, 0) is 4.79 Å². The van der Waals surface area contributed by atoms with E-state index in [-0.39, 0.29) is 11.5 Å². The highest BCUT2D eigenvalue weighted by Crippen LogP contribution is 2.12. The molecule has 2 amide bonds. The zero-order chi connectivity index (χ0) is 15.4. The number of likely N-dealkylation sites (tertiary alicyclic amines) is 1. The lowest BCUT2D eigenvalue weighted by molar-refractivity contribution is -0.133. The molecule has 2 rings (SSSR count). The average molecular weight is 296 g/mol. The van der Waals surface area contributed by atoms with Crippen LogP contribution in [0.4, 0.5) is 8.78 Å². The van der Waals surface area contributed by atoms with Crippen molar-refractivity contribution in [2.45, 2.75) is 32.2 Å². The summed E-state index contributed by atoms with van der Waals surface area (Å²) in [6.07, 6.45) is 3.02. The Kier molecular flexibility index (Phi) is 4.88. The maximum atomic E-state index is 13.5. The van der Waals surface area contributed by atoms with E-state index < -0.39 is 23.6 Å². The topological polar surface area (TPSA) is 49.4 Å². The smallest absolute Gasteiger partial charge is 0.254 e. The molecule has 1 unspecified atom stereocenters. The van der Waals surface area contributed by atoms with Gasteiger partial charge >= 0.3 is 0 Å². The highest BCUT2D eigenvalue weighted by molar-refractivity contribution is 5.97. The van der Waals surface area contributed by atoms with E-state index in [4.69, 9.17) is 0 Å². The van der Waals surface area contributed by atoms with Gasteiger partial charge < -0.3 is 10.2 Å². The Morgan fingerprint density at radius 1 is 1.19 bits per heavy atom. The van der Waals surface area contributed by atoms with Gasteiger partial charge in [-0.3, -0.25) is 9.59 Å². The van der Waals surface area contributed by atoms with E-state index in [1.807, 2.05) is 0 Å². The van der Waals surface area contributed by atoms with Gasteiger partial charge in [0.05, 0.1) is 5.56 Å². The standard InChI is InChI=1S/C15H18F2N2O2/c1-10(15(21)19-7-3-2-4-8-19)18-14(20)12-6-5-11(16)9-13(12)17/h5-6,9-10H,2-4,7-8H2,1H3,(H,18,20). The number of hydrogen-bond donors (Lipinski definition) is 1. The fourth-order valence-corrected chi connectivity index (χ4v) is 2.40. The minimum Gasteiger partial charge on any atom is -0.341 e. The Labute approximate surface area is 122 Å². The van der Waals surface area contributed by atoms with Crippen LogP contribution in [0.2, 0.25) is 0 Å². The van der Waals surface area contributed by atoms with Crippen molar-refractivity contribution in [3.63, 3.8) is 0 Å². The second kappa shape index (κ2) is 6.65. The van der Waals surface area contributed by atoms with Crippen molar-refractivity contribution >= 4 is 11.8 Å². The molecule has 1 atom stereocenters. The van der Waals surface area contributed by atoms with Crippen LogP contribution in [-0.4, -0.2) is 35.8 Å². The van der Waals surface area contributed by atoms with Crippen LogP contribution in [0.25, 0.3) is 0 Å². The number of carbonyl (C=O) groups is 2. The SMILES string of the molecule is CC(NC(=O)c1ccc(F)cc1F)C(=O)N1CCCCC1. The third-order valence-electron chi connectivity index (χ3n) is 3.56. The third-order valence-corrected chi connectivity index (χ3v) is 3.56. The number of amides is 2. The Bertz CT molecular complexity index is 542. The molecule has 0 saturated carbocycles. The summed E-state index contributed by atoms with van der Waals surface area (Å²) in [4.78, 5) is 25.8. The minimum atomic E-state index is -0.940. The van der Waals surface area contributed by atoms with Crippen molar-refractivity contribution in [2.24, 2.45) is 0 Å². The van der Waals surface area contributed by atoms with Crippen molar-refractivity contribution in [1.82, 2.24) is 10.2 Å². The largest absolute Gasteiger partial charge is 0.341 e. The van der Waals surface area contributed by atoms with Crippen molar-refractivity contribution in [3.8, 4) is 0 Å². The van der Waals surface area contributed by atoms with Crippen LogP contribution in [0.1, 0.15) is 36.5 Å². The maximum Gasteiger partial charge on any atom is 0.254 e. The molecule has 1 aromatic rings. The van der Waals surface area contributed by atoms with Gasteiger partial charge in [0.25, 0.3) is 5.91 Å². The molecule has 1 aromatic carbocycles. The van der Waals surface area contributed by atoms with E-state index in [0.29, 0.717) is 19.2 Å². The zero-order valence-electron chi connectivity index (χ0n) is 11.9. The number of nitrogens with zero attached hydrogens (tertiary/aromatic N) is 1. The van der Waals surface area contributed by atoms with Crippen LogP contribution >= 0.6 is 0 Å². The molecular formula is C15H18F2N2O2. The number of rotatable bonds is 3. The Morgan fingerprint density at radius 3 is 2.48 bits per heavy atom. The van der Waals surface area contributed by atoms with Crippen molar-refractivity contribution < 1.29 is 18.4 Å². The summed E-state index contributed by atoms with van der Waals surface area (Å²) < 4.78 is 26.3. The molecule has 4 nitrogen and oxygen atoms in total. The number of carbonyl (C=O) groups excluding carboxylic acids is 2. The van der Waals surface area contributed by atoms with E-state index >= 15 is 0 Å². The van der Waals surface area contributed by atoms with Gasteiger partial charge in [0.2, 0.25) is 5.91 Å². The number of benzene rings is 1. The molecular weight excluding hydrogens is 278 g/mol. The van der Waals surface area contributed by atoms with Gasteiger partial charge in [-0.25, -0.2) is 8.78 Å². The lowest BCUT2D eigenvalue weighted by Crippen LogP contribution is -2.48. The molecule has 21 heavy (non-hydrogen) atoms. The third kappa shape index (κ3) is 3.77. The normalized spacial score (nSPS) is 16.4. The lowest BCUT2D eigenvalue weighted by Gasteiger charge is -2.29. The van der Waals surface area contributed by atoms with Crippen molar-refractivity contribution in [3.05, 3.63) is 35.4 Å². The molecule has 1 heterocycles. The van der Waals surface area contributed by atoms with Crippen molar-refractivity contribution in [1.29, 1.82) is 0 Å². The molecule has 1 N–H and O–H groups in total. The summed E-state index contributed by atoms with van der Waals surface area (Å²) in [6.45, 7) is 2.93. The average Bonchev–Trinajstić information content (AvgIpc) is 2.47. The predicted octanol–water partition coefficient (Wildman–Crippen LogP) is 2.10. The Hall–Kier alpha value is -1.98. The molecule has 114 valence electrons. The summed E-state index contributed by atoms with van der Waals surface area (Å²) in [6, 6.07) is 1.99. The second-order valence-corrected chi connectivity index (χ2v) is 5.21. The monoisotopic (exact) mass is 296 g/mol. The fraction of sp³-hybridized carbons (Fsp3) is 0.467. The number of halogens is 2. The minimum absolute atomic E-state index is 0.175. The predicted molar refractivity (Wildman–Crippen MR) is 73.7 cm³/mol. The summed E-state index contributed by atoms with van der Waals surface area (Å²) in [5, 5.41) is 2.46. The number of piperidine rings is 1. The molecule has 0 radical (unpaired) electrons. The number of nitrogens with one attached hydrogen (secondary N) is 1. The first-order chi connectivity index (χ1) is 9.99. The molecule has 1 aliphatic heterocycles. The van der Waals surface area contributed by atoms with Crippen LogP contribution in [0.3, 0.4) is 0 Å². The highest BCUT2D eigenvalue weighted by atomic mass is 19.1. The highest BCUT2D eigenvalue weighted by Gasteiger charge is 2.24. The molecule has 6 heteroatoms. The van der Waals surface area contributed by atoms with Crippen LogP contribution in [0.5, 0.6) is 0 Å². The summed E-state index contributed by atoms with van der Waals surface area (Å²) in [5.74, 6) is -2.58. The number of hydrogen-bond acceptors (Lipinski definition) is 2. The van der Waals surface area contributed by atoms with E-state index in [0.717, 1.165) is 31.4 Å². The van der Waals surface area contributed by atoms with Crippen LogP contribution in [0.15, 0.2) is 18.2 Å². The molecule has 1 aliphatic rings. The van der Waals surface area contributed by atoms with Gasteiger partial charge in [-0.1, -0.05) is 0 Å². The molecule has 0 bridgehead atoms. The second-order valence-electron chi connectivity index (χ2n) is 5.21. The van der Waals surface area contributed by atoms with E-state index in [1.54, 1.807) is 11.8 Å². The Morgan fingerprint density at radius 2 is 1.86 bits per heavy atom. The maximum absolute atomic E-state index is 13.5. The zero-order valence-corrected chi connectivity index (χ0v) is 11.9. The van der Waals surface area contributed by atoms with Gasteiger partial charge in [-0.15, -0.1) is 0 Å². The Balaban J connectivity index is 1.99. The lowest BCUT2D eigenvalue weighted by atomic mass is 10.1. The molecule has 0 aliphatic carbocycles. The summed E-state index contributed by atoms with van der Waals surface area (Å²) >= 11 is 0. The fourth-order valence-electron chi connectivity index (χ4n) is 2.40. The summed E-state index contributed by atoms with van der Waals surface area (Å²) in [5.41, 5.74) is -0.269. The van der Waals surface area contributed by atoms with Gasteiger partial charge in [-0.05, 0) is 38.3 Å².